The van der Waals surface area contributed by atoms with Crippen molar-refractivity contribution >= 4 is 23.3 Å². The summed E-state index contributed by atoms with van der Waals surface area (Å²) in [6.45, 7) is 2.61. The maximum absolute atomic E-state index is 11.1. The molecule has 0 aromatic heterocycles. The summed E-state index contributed by atoms with van der Waals surface area (Å²) in [6, 6.07) is 12.9. The Morgan fingerprint density at radius 1 is 1.20 bits per heavy atom. The van der Waals surface area contributed by atoms with Gasteiger partial charge in [-0.1, -0.05) is 29.8 Å². The summed E-state index contributed by atoms with van der Waals surface area (Å²) in [5.74, 6) is -0.918. The molecule has 0 amide bonds. The number of carboxylic acid groups (broad SMARTS) is 1. The van der Waals surface area contributed by atoms with Crippen molar-refractivity contribution in [1.29, 1.82) is 0 Å². The highest BCUT2D eigenvalue weighted by molar-refractivity contribution is 6.30. The van der Waals surface area contributed by atoms with Crippen LogP contribution < -0.4 is 5.32 Å². The van der Waals surface area contributed by atoms with Crippen LogP contribution in [0.4, 0.5) is 5.69 Å². The largest absolute Gasteiger partial charge is 0.478 e. The minimum atomic E-state index is -0.918. The number of anilines is 1. The van der Waals surface area contributed by atoms with E-state index in [0.717, 1.165) is 17.5 Å². The van der Waals surface area contributed by atoms with Crippen LogP contribution in [-0.2, 0) is 6.42 Å². The van der Waals surface area contributed by atoms with Crippen molar-refractivity contribution in [2.24, 2.45) is 0 Å². The zero-order valence-corrected chi connectivity index (χ0v) is 11.9. The lowest BCUT2D eigenvalue weighted by molar-refractivity contribution is 0.0698. The van der Waals surface area contributed by atoms with Gasteiger partial charge in [0, 0.05) is 17.3 Å². The number of carbonyl (C=O) groups is 1. The molecule has 0 saturated carbocycles. The first-order chi connectivity index (χ1) is 9.56. The Hall–Kier alpha value is -2.00. The van der Waals surface area contributed by atoms with E-state index in [2.05, 4.69) is 5.32 Å². The van der Waals surface area contributed by atoms with Gasteiger partial charge in [-0.15, -0.1) is 0 Å². The fourth-order valence-corrected chi connectivity index (χ4v) is 2.11. The van der Waals surface area contributed by atoms with E-state index in [0.29, 0.717) is 22.8 Å². The summed E-state index contributed by atoms with van der Waals surface area (Å²) < 4.78 is 0. The number of halogens is 1. The first-order valence-corrected chi connectivity index (χ1v) is 6.76. The number of carboxylic acids is 1. The maximum Gasteiger partial charge on any atom is 0.337 e. The summed E-state index contributed by atoms with van der Waals surface area (Å²) in [7, 11) is 0. The lowest BCUT2D eigenvalue weighted by Crippen LogP contribution is -2.09. The van der Waals surface area contributed by atoms with E-state index in [-0.39, 0.29) is 0 Å². The van der Waals surface area contributed by atoms with Gasteiger partial charge in [0.1, 0.15) is 0 Å². The minimum Gasteiger partial charge on any atom is -0.478 e. The zero-order chi connectivity index (χ0) is 14.5. The average molecular weight is 290 g/mol. The van der Waals surface area contributed by atoms with Crippen LogP contribution in [0.15, 0.2) is 42.5 Å². The number of aryl methyl sites for hydroxylation is 1. The number of hydrogen-bond donors (Lipinski definition) is 2. The molecule has 3 nitrogen and oxygen atoms in total. The molecule has 0 aliphatic heterocycles. The van der Waals surface area contributed by atoms with Crippen molar-refractivity contribution in [3.63, 3.8) is 0 Å². The minimum absolute atomic E-state index is 0.298. The third kappa shape index (κ3) is 3.75. The molecule has 2 N–H and O–H groups in total. The third-order valence-corrected chi connectivity index (χ3v) is 3.30. The zero-order valence-electron chi connectivity index (χ0n) is 11.2. The van der Waals surface area contributed by atoms with Crippen molar-refractivity contribution in [3.05, 3.63) is 64.2 Å². The summed E-state index contributed by atoms with van der Waals surface area (Å²) in [5.41, 5.74) is 3.15. The summed E-state index contributed by atoms with van der Waals surface area (Å²) in [4.78, 5) is 11.1. The number of aromatic carboxylic acids is 1. The second-order valence-corrected chi connectivity index (χ2v) is 5.09. The Labute approximate surface area is 123 Å². The van der Waals surface area contributed by atoms with Crippen molar-refractivity contribution in [2.75, 3.05) is 11.9 Å². The van der Waals surface area contributed by atoms with E-state index in [1.807, 2.05) is 37.3 Å². The molecule has 2 rings (SSSR count). The first kappa shape index (κ1) is 14.4. The molecule has 0 aliphatic rings. The molecule has 20 heavy (non-hydrogen) atoms. The lowest BCUT2D eigenvalue weighted by Gasteiger charge is -2.10. The highest BCUT2D eigenvalue weighted by atomic mass is 35.5. The Morgan fingerprint density at radius 2 is 1.90 bits per heavy atom. The topological polar surface area (TPSA) is 49.3 Å². The molecule has 0 bridgehead atoms. The van der Waals surface area contributed by atoms with Crippen LogP contribution in [0.1, 0.15) is 21.5 Å². The van der Waals surface area contributed by atoms with E-state index < -0.39 is 5.97 Å². The van der Waals surface area contributed by atoms with Crippen molar-refractivity contribution < 1.29 is 9.90 Å². The molecule has 0 radical (unpaired) electrons. The molecular weight excluding hydrogens is 274 g/mol. The predicted octanol–water partition coefficient (Wildman–Crippen LogP) is 4.00. The fraction of sp³-hybridized carbons (Fsp3) is 0.188. The van der Waals surface area contributed by atoms with Crippen LogP contribution in [0.3, 0.4) is 0 Å². The second-order valence-electron chi connectivity index (χ2n) is 4.66. The van der Waals surface area contributed by atoms with Crippen molar-refractivity contribution in [3.8, 4) is 0 Å². The van der Waals surface area contributed by atoms with Crippen LogP contribution in [0.25, 0.3) is 0 Å². The molecule has 0 atom stereocenters. The molecule has 0 spiro atoms. The Morgan fingerprint density at radius 3 is 2.55 bits per heavy atom. The molecule has 0 aliphatic carbocycles. The number of benzene rings is 2. The first-order valence-electron chi connectivity index (χ1n) is 6.38. The standard InChI is InChI=1S/C16H16ClNO2/c1-11-2-7-14(16(19)20)15(10-11)18-9-8-12-3-5-13(17)6-4-12/h2-7,10,18H,8-9H2,1H3,(H,19,20). The summed E-state index contributed by atoms with van der Waals surface area (Å²) in [5, 5.41) is 13.0. The molecule has 4 heteroatoms. The van der Waals surface area contributed by atoms with Crippen LogP contribution in [0.5, 0.6) is 0 Å². The molecule has 0 saturated heterocycles. The third-order valence-electron chi connectivity index (χ3n) is 3.05. The van der Waals surface area contributed by atoms with Crippen LogP contribution >= 0.6 is 11.6 Å². The van der Waals surface area contributed by atoms with Gasteiger partial charge >= 0.3 is 5.97 Å². The maximum atomic E-state index is 11.1. The molecule has 104 valence electrons. The SMILES string of the molecule is Cc1ccc(C(=O)O)c(NCCc2ccc(Cl)cc2)c1. The Bertz CT molecular complexity index is 608. The Kier molecular flexibility index (Phi) is 4.64. The van der Waals surface area contributed by atoms with Crippen LogP contribution in [-0.4, -0.2) is 17.6 Å². The van der Waals surface area contributed by atoms with Crippen LogP contribution in [0.2, 0.25) is 5.02 Å². The molecule has 2 aromatic rings. The fourth-order valence-electron chi connectivity index (χ4n) is 1.98. The van der Waals surface area contributed by atoms with Gasteiger partial charge in [-0.05, 0) is 48.7 Å². The molecule has 0 fully saturated rings. The molecular formula is C16H16ClNO2. The van der Waals surface area contributed by atoms with E-state index in [1.54, 1.807) is 12.1 Å². The normalized spacial score (nSPS) is 10.3. The van der Waals surface area contributed by atoms with Gasteiger partial charge in [0.15, 0.2) is 0 Å². The van der Waals surface area contributed by atoms with Gasteiger partial charge in [-0.25, -0.2) is 4.79 Å². The molecule has 0 heterocycles. The van der Waals surface area contributed by atoms with E-state index in [4.69, 9.17) is 16.7 Å². The highest BCUT2D eigenvalue weighted by Gasteiger charge is 2.09. The number of hydrogen-bond acceptors (Lipinski definition) is 2. The predicted molar refractivity (Wildman–Crippen MR) is 81.8 cm³/mol. The van der Waals surface area contributed by atoms with E-state index >= 15 is 0 Å². The smallest absolute Gasteiger partial charge is 0.337 e. The monoisotopic (exact) mass is 289 g/mol. The van der Waals surface area contributed by atoms with E-state index in [1.165, 1.54) is 0 Å². The highest BCUT2D eigenvalue weighted by Crippen LogP contribution is 2.18. The van der Waals surface area contributed by atoms with Gasteiger partial charge < -0.3 is 10.4 Å². The van der Waals surface area contributed by atoms with Gasteiger partial charge in [0.25, 0.3) is 0 Å². The second kappa shape index (κ2) is 6.44. The lowest BCUT2D eigenvalue weighted by atomic mass is 10.1. The van der Waals surface area contributed by atoms with Gasteiger partial charge in [-0.2, -0.15) is 0 Å². The summed E-state index contributed by atoms with van der Waals surface area (Å²) >= 11 is 5.83. The Balaban J connectivity index is 2.02. The van der Waals surface area contributed by atoms with Crippen molar-refractivity contribution in [2.45, 2.75) is 13.3 Å². The van der Waals surface area contributed by atoms with Crippen LogP contribution in [0, 0.1) is 6.92 Å². The van der Waals surface area contributed by atoms with Crippen molar-refractivity contribution in [1.82, 2.24) is 0 Å². The van der Waals surface area contributed by atoms with Gasteiger partial charge in [0.05, 0.1) is 5.56 Å². The average Bonchev–Trinajstić information content (AvgIpc) is 2.41. The number of nitrogens with one attached hydrogen (secondary N) is 1. The van der Waals surface area contributed by atoms with Gasteiger partial charge in [-0.3, -0.25) is 0 Å². The number of rotatable bonds is 5. The van der Waals surface area contributed by atoms with E-state index in [9.17, 15) is 4.79 Å². The molecule has 0 unspecified atom stereocenters. The summed E-state index contributed by atoms with van der Waals surface area (Å²) in [6.07, 6.45) is 0.810. The van der Waals surface area contributed by atoms with Gasteiger partial charge in [0.2, 0.25) is 0 Å². The molecule has 2 aromatic carbocycles. The quantitative estimate of drug-likeness (QED) is 0.874.